The lowest BCUT2D eigenvalue weighted by molar-refractivity contribution is -0.0205. The number of pyridine rings is 1. The van der Waals surface area contributed by atoms with Crippen LogP contribution >= 0.6 is 22.6 Å². The Hall–Kier alpha value is -0.920. The van der Waals surface area contributed by atoms with Gasteiger partial charge in [-0.2, -0.15) is 0 Å². The second-order valence-electron chi connectivity index (χ2n) is 6.59. The van der Waals surface area contributed by atoms with Crippen molar-refractivity contribution in [3.05, 3.63) is 36.0 Å². The molecule has 0 radical (unpaired) electrons. The average molecular weight is 424 g/mol. The number of ether oxygens (including phenoxy) is 1. The summed E-state index contributed by atoms with van der Waals surface area (Å²) >= 11 is 2.57. The second kappa shape index (κ2) is 6.18. The van der Waals surface area contributed by atoms with Crippen molar-refractivity contribution in [2.75, 3.05) is 20.2 Å². The van der Waals surface area contributed by atoms with Gasteiger partial charge in [0.05, 0.1) is 18.7 Å². The molecule has 3 aliphatic heterocycles. The van der Waals surface area contributed by atoms with Gasteiger partial charge in [0.15, 0.2) is 0 Å². The fraction of sp³-hybridized carbons (Fsp3) is 0.500. The van der Waals surface area contributed by atoms with E-state index in [0.717, 1.165) is 51.6 Å². The van der Waals surface area contributed by atoms with E-state index in [1.54, 1.807) is 13.3 Å². The molecule has 2 bridgehead atoms. The summed E-state index contributed by atoms with van der Waals surface area (Å²) in [5.74, 6) is 1.54. The summed E-state index contributed by atoms with van der Waals surface area (Å²) in [4.78, 5) is 6.89. The van der Waals surface area contributed by atoms with E-state index in [1.807, 2.05) is 24.3 Å². The zero-order valence-corrected chi connectivity index (χ0v) is 15.3. The number of fused-ring (bicyclic) bond motifs is 4. The van der Waals surface area contributed by atoms with Crippen molar-refractivity contribution < 1.29 is 9.84 Å². The van der Waals surface area contributed by atoms with Crippen LogP contribution in [0.3, 0.4) is 0 Å². The molecule has 4 nitrogen and oxygen atoms in total. The molecule has 0 spiro atoms. The van der Waals surface area contributed by atoms with Gasteiger partial charge in [-0.3, -0.25) is 9.88 Å². The van der Waals surface area contributed by atoms with Crippen molar-refractivity contribution in [3.8, 4) is 5.75 Å². The van der Waals surface area contributed by atoms with Crippen molar-refractivity contribution >= 4 is 33.5 Å². The number of aliphatic hydroxyl groups excluding tert-OH is 1. The van der Waals surface area contributed by atoms with Crippen molar-refractivity contribution in [2.24, 2.45) is 5.92 Å². The Morgan fingerprint density at radius 3 is 2.96 bits per heavy atom. The number of halogens is 1. The Morgan fingerprint density at radius 2 is 2.26 bits per heavy atom. The van der Waals surface area contributed by atoms with Crippen LogP contribution in [-0.4, -0.2) is 45.2 Å². The van der Waals surface area contributed by atoms with Crippen molar-refractivity contribution in [3.63, 3.8) is 0 Å². The fourth-order valence-electron chi connectivity index (χ4n) is 4.07. The molecule has 1 aromatic carbocycles. The van der Waals surface area contributed by atoms with Crippen LogP contribution < -0.4 is 4.74 Å². The van der Waals surface area contributed by atoms with Gasteiger partial charge >= 0.3 is 0 Å². The minimum absolute atomic E-state index is 0.219. The third-order valence-electron chi connectivity index (χ3n) is 5.39. The summed E-state index contributed by atoms with van der Waals surface area (Å²) < 4.78 is 6.07. The molecule has 5 atom stereocenters. The Balaban J connectivity index is 1.71. The molecule has 122 valence electrons. The number of nitrogens with zero attached hydrogens (tertiary/aromatic N) is 2. The second-order valence-corrected chi connectivity index (χ2v) is 8.19. The Kier molecular flexibility index (Phi) is 4.19. The van der Waals surface area contributed by atoms with Crippen LogP contribution in [0.15, 0.2) is 30.5 Å². The SMILES string of the molecule is COc1ccc2nccc([C@@H](O)C3CC4CCN3CC4I)c2c1. The van der Waals surface area contributed by atoms with Gasteiger partial charge in [-0.1, -0.05) is 22.6 Å². The van der Waals surface area contributed by atoms with Gasteiger partial charge in [-0.05, 0) is 55.1 Å². The smallest absolute Gasteiger partial charge is 0.119 e. The maximum Gasteiger partial charge on any atom is 0.119 e. The molecule has 1 N–H and O–H groups in total. The third kappa shape index (κ3) is 2.72. The summed E-state index contributed by atoms with van der Waals surface area (Å²) in [5, 5.41) is 12.1. The van der Waals surface area contributed by atoms with Gasteiger partial charge in [0.25, 0.3) is 0 Å². The molecule has 5 rings (SSSR count). The molecule has 0 amide bonds. The van der Waals surface area contributed by atoms with E-state index in [0.29, 0.717) is 0 Å². The average Bonchev–Trinajstić information content (AvgIpc) is 2.60. The van der Waals surface area contributed by atoms with E-state index in [1.165, 1.54) is 6.42 Å². The number of piperidine rings is 3. The molecule has 2 aromatic rings. The Morgan fingerprint density at radius 1 is 1.39 bits per heavy atom. The zero-order chi connectivity index (χ0) is 16.0. The van der Waals surface area contributed by atoms with E-state index in [9.17, 15) is 5.11 Å². The molecular formula is C18H21IN2O2. The number of benzene rings is 1. The number of methoxy groups -OCH3 is 1. The predicted octanol–water partition coefficient (Wildman–Crippen LogP) is 3.17. The highest BCUT2D eigenvalue weighted by Gasteiger charge is 2.42. The molecule has 5 heteroatoms. The number of hydrogen-bond acceptors (Lipinski definition) is 4. The highest BCUT2D eigenvalue weighted by molar-refractivity contribution is 14.1. The summed E-state index contributed by atoms with van der Waals surface area (Å²) in [5.41, 5.74) is 1.88. The lowest BCUT2D eigenvalue weighted by Gasteiger charge is -2.49. The van der Waals surface area contributed by atoms with Gasteiger partial charge in [0, 0.05) is 28.1 Å². The highest BCUT2D eigenvalue weighted by atomic mass is 127. The van der Waals surface area contributed by atoms with Crippen molar-refractivity contribution in [1.29, 1.82) is 0 Å². The molecule has 3 fully saturated rings. The zero-order valence-electron chi connectivity index (χ0n) is 13.2. The molecule has 3 aliphatic rings. The molecular weight excluding hydrogens is 403 g/mol. The maximum absolute atomic E-state index is 11.1. The van der Waals surface area contributed by atoms with Gasteiger partial charge in [0.2, 0.25) is 0 Å². The van der Waals surface area contributed by atoms with Gasteiger partial charge in [-0.25, -0.2) is 0 Å². The number of aliphatic hydroxyl groups is 1. The number of hydrogen-bond donors (Lipinski definition) is 1. The molecule has 4 heterocycles. The van der Waals surface area contributed by atoms with Crippen LogP contribution in [0.4, 0.5) is 0 Å². The maximum atomic E-state index is 11.1. The lowest BCUT2D eigenvalue weighted by Crippen LogP contribution is -2.55. The van der Waals surface area contributed by atoms with Crippen molar-refractivity contribution in [1.82, 2.24) is 9.88 Å². The summed E-state index contributed by atoms with van der Waals surface area (Å²) in [6.07, 6.45) is 3.68. The Bertz CT molecular complexity index is 723. The van der Waals surface area contributed by atoms with Crippen molar-refractivity contribution in [2.45, 2.75) is 28.9 Å². The summed E-state index contributed by atoms with van der Waals surface area (Å²) in [6, 6.07) is 8.03. The first-order valence-corrected chi connectivity index (χ1v) is 9.41. The first kappa shape index (κ1) is 15.6. The van der Waals surface area contributed by atoms with Crippen LogP contribution in [0.5, 0.6) is 5.75 Å². The first-order valence-electron chi connectivity index (χ1n) is 8.16. The summed E-state index contributed by atoms with van der Waals surface area (Å²) in [6.45, 7) is 2.21. The summed E-state index contributed by atoms with van der Waals surface area (Å²) in [7, 11) is 1.67. The van der Waals surface area contributed by atoms with Crippen LogP contribution in [-0.2, 0) is 0 Å². The molecule has 4 unspecified atom stereocenters. The minimum Gasteiger partial charge on any atom is -0.497 e. The van der Waals surface area contributed by atoms with Gasteiger partial charge in [-0.15, -0.1) is 0 Å². The molecule has 0 saturated carbocycles. The normalized spacial score (nSPS) is 31.3. The van der Waals surface area contributed by atoms with Gasteiger partial charge < -0.3 is 9.84 Å². The molecule has 3 saturated heterocycles. The minimum atomic E-state index is -0.473. The fourth-order valence-corrected chi connectivity index (χ4v) is 5.23. The number of aromatic nitrogens is 1. The third-order valence-corrected chi connectivity index (χ3v) is 6.80. The largest absolute Gasteiger partial charge is 0.497 e. The monoisotopic (exact) mass is 424 g/mol. The number of alkyl halides is 1. The molecule has 23 heavy (non-hydrogen) atoms. The molecule has 1 aromatic heterocycles. The van der Waals surface area contributed by atoms with Crippen LogP contribution in [0.1, 0.15) is 24.5 Å². The van der Waals surface area contributed by atoms with Crippen LogP contribution in [0, 0.1) is 5.92 Å². The molecule has 0 aliphatic carbocycles. The standard InChI is InChI=1S/C18H21IN2O2/c1-23-12-2-3-16-14(9-12)13(4-6-20-16)18(22)17-8-11-5-7-21(17)10-15(11)19/h2-4,6,9,11,15,17-18,22H,5,7-8,10H2,1H3/t11?,15?,17?,18-/m1/s1. The van der Waals surface area contributed by atoms with E-state index < -0.39 is 6.10 Å². The lowest BCUT2D eigenvalue weighted by atomic mass is 9.79. The van der Waals surface area contributed by atoms with Gasteiger partial charge in [0.1, 0.15) is 5.75 Å². The first-order chi connectivity index (χ1) is 11.2. The number of rotatable bonds is 3. The van der Waals surface area contributed by atoms with E-state index in [2.05, 4.69) is 32.5 Å². The van der Waals surface area contributed by atoms with Crippen LogP contribution in [0.2, 0.25) is 0 Å². The quantitative estimate of drug-likeness (QED) is 0.608. The topological polar surface area (TPSA) is 45.6 Å². The Labute approximate surface area is 150 Å². The van der Waals surface area contributed by atoms with E-state index >= 15 is 0 Å². The van der Waals surface area contributed by atoms with Crippen LogP contribution in [0.25, 0.3) is 10.9 Å². The van der Waals surface area contributed by atoms with E-state index in [-0.39, 0.29) is 6.04 Å². The van der Waals surface area contributed by atoms with E-state index in [4.69, 9.17) is 4.74 Å². The predicted molar refractivity (Wildman–Crippen MR) is 99.1 cm³/mol. The highest BCUT2D eigenvalue weighted by Crippen LogP contribution is 2.41.